The second kappa shape index (κ2) is 5.37. The molecule has 0 aliphatic heterocycles. The highest BCUT2D eigenvalue weighted by Crippen LogP contribution is 2.35. The Labute approximate surface area is 136 Å². The molecule has 0 bridgehead atoms. The van der Waals surface area contributed by atoms with Crippen LogP contribution < -0.4 is 5.73 Å². The maximum atomic E-state index is 12.2. The maximum Gasteiger partial charge on any atom is 0.351 e. The molecule has 114 valence electrons. The number of esters is 1. The quantitative estimate of drug-likeness (QED) is 0.699. The van der Waals surface area contributed by atoms with E-state index in [2.05, 4.69) is 4.98 Å². The molecule has 3 heterocycles. The van der Waals surface area contributed by atoms with Gasteiger partial charge < -0.3 is 10.5 Å². The Morgan fingerprint density at radius 3 is 2.68 bits per heavy atom. The topological polar surface area (TPSA) is 65.2 Å². The van der Waals surface area contributed by atoms with Crippen LogP contribution in [-0.4, -0.2) is 16.6 Å². The number of hydrogen-bond donors (Lipinski definition) is 1. The summed E-state index contributed by atoms with van der Waals surface area (Å²) in [6.07, 6.45) is 0. The fourth-order valence-electron chi connectivity index (χ4n) is 2.03. The van der Waals surface area contributed by atoms with E-state index in [0.717, 1.165) is 20.8 Å². The van der Waals surface area contributed by atoms with E-state index in [4.69, 9.17) is 10.5 Å². The number of aromatic nitrogens is 1. The van der Waals surface area contributed by atoms with Gasteiger partial charge in [-0.1, -0.05) is 6.07 Å². The van der Waals surface area contributed by atoms with Crippen LogP contribution in [0.5, 0.6) is 0 Å². The lowest BCUT2D eigenvalue weighted by molar-refractivity contribution is 0.00764. The zero-order chi connectivity index (χ0) is 15.9. The first kappa shape index (κ1) is 15.0. The Hall–Kier alpha value is -1.92. The second-order valence-corrected chi connectivity index (χ2v) is 7.82. The van der Waals surface area contributed by atoms with E-state index >= 15 is 0 Å². The first-order valence-corrected chi connectivity index (χ1v) is 8.51. The number of carbonyl (C=O) groups is 1. The molecule has 22 heavy (non-hydrogen) atoms. The summed E-state index contributed by atoms with van der Waals surface area (Å²) in [4.78, 5) is 19.1. The zero-order valence-corrected chi connectivity index (χ0v) is 14.2. The number of nitrogens with two attached hydrogens (primary N) is 1. The molecule has 6 heteroatoms. The van der Waals surface area contributed by atoms with E-state index in [0.29, 0.717) is 10.6 Å². The van der Waals surface area contributed by atoms with Gasteiger partial charge in [-0.3, -0.25) is 0 Å². The molecule has 0 radical (unpaired) electrons. The van der Waals surface area contributed by atoms with Crippen LogP contribution in [0.4, 0.5) is 5.69 Å². The predicted molar refractivity (Wildman–Crippen MR) is 92.5 cm³/mol. The third-order valence-corrected chi connectivity index (χ3v) is 4.94. The van der Waals surface area contributed by atoms with E-state index in [1.54, 1.807) is 11.3 Å². The smallest absolute Gasteiger partial charge is 0.351 e. The SMILES string of the molecule is CC(C)(C)OC(=O)c1sc2nc(-c3cccs3)ccc2c1N. The average molecular weight is 332 g/mol. The van der Waals surface area contributed by atoms with Crippen LogP contribution in [0.15, 0.2) is 29.6 Å². The van der Waals surface area contributed by atoms with Gasteiger partial charge in [0.05, 0.1) is 16.3 Å². The highest BCUT2D eigenvalue weighted by atomic mass is 32.1. The Morgan fingerprint density at radius 1 is 1.27 bits per heavy atom. The summed E-state index contributed by atoms with van der Waals surface area (Å²) in [6, 6.07) is 7.85. The number of nitrogen functional groups attached to an aromatic ring is 1. The average Bonchev–Trinajstić information content (AvgIpc) is 3.05. The van der Waals surface area contributed by atoms with Crippen molar-refractivity contribution in [2.75, 3.05) is 5.73 Å². The summed E-state index contributed by atoms with van der Waals surface area (Å²) in [6.45, 7) is 5.50. The molecule has 4 nitrogen and oxygen atoms in total. The summed E-state index contributed by atoms with van der Waals surface area (Å²) >= 11 is 2.91. The molecule has 3 rings (SSSR count). The third kappa shape index (κ3) is 2.84. The molecule has 0 atom stereocenters. The number of pyridine rings is 1. The van der Waals surface area contributed by atoms with Crippen LogP contribution in [0, 0.1) is 0 Å². The molecule has 3 aromatic heterocycles. The Balaban J connectivity index is 2.03. The van der Waals surface area contributed by atoms with Crippen molar-refractivity contribution in [1.29, 1.82) is 0 Å². The third-order valence-electron chi connectivity index (χ3n) is 2.95. The van der Waals surface area contributed by atoms with Gasteiger partial charge in [0, 0.05) is 5.39 Å². The predicted octanol–water partition coefficient (Wildman–Crippen LogP) is 4.56. The molecule has 0 unspecified atom stereocenters. The van der Waals surface area contributed by atoms with Crippen LogP contribution in [0.2, 0.25) is 0 Å². The minimum Gasteiger partial charge on any atom is -0.456 e. The second-order valence-electron chi connectivity index (χ2n) is 5.87. The number of ether oxygens (including phenoxy) is 1. The van der Waals surface area contributed by atoms with Gasteiger partial charge in [-0.25, -0.2) is 9.78 Å². The molecular formula is C16H16N2O2S2. The summed E-state index contributed by atoms with van der Waals surface area (Å²) in [5, 5.41) is 2.81. The summed E-state index contributed by atoms with van der Waals surface area (Å²) in [5.41, 5.74) is 6.89. The van der Waals surface area contributed by atoms with Gasteiger partial charge in [0.1, 0.15) is 15.3 Å². The van der Waals surface area contributed by atoms with Crippen LogP contribution in [0.1, 0.15) is 30.4 Å². The van der Waals surface area contributed by atoms with Crippen molar-refractivity contribution in [3.8, 4) is 10.6 Å². The maximum absolute atomic E-state index is 12.2. The first-order valence-electron chi connectivity index (χ1n) is 6.81. The number of thiophene rings is 2. The van der Waals surface area contributed by atoms with Crippen LogP contribution in [0.3, 0.4) is 0 Å². The number of rotatable bonds is 2. The standard InChI is InChI=1S/C16H16N2O2S2/c1-16(2,3)20-15(19)13-12(17)9-6-7-10(18-14(9)22-13)11-5-4-8-21-11/h4-8H,17H2,1-3H3. The number of fused-ring (bicyclic) bond motifs is 1. The molecule has 0 saturated heterocycles. The normalized spacial score (nSPS) is 11.8. The van der Waals surface area contributed by atoms with Gasteiger partial charge >= 0.3 is 5.97 Å². The fourth-order valence-corrected chi connectivity index (χ4v) is 3.70. The number of nitrogens with zero attached hydrogens (tertiary/aromatic N) is 1. The number of hydrogen-bond acceptors (Lipinski definition) is 6. The van der Waals surface area contributed by atoms with Crippen molar-refractivity contribution in [2.45, 2.75) is 26.4 Å². The van der Waals surface area contributed by atoms with Gasteiger partial charge in [0.2, 0.25) is 0 Å². The number of carbonyl (C=O) groups excluding carboxylic acids is 1. The largest absolute Gasteiger partial charge is 0.456 e. The monoisotopic (exact) mass is 332 g/mol. The van der Waals surface area contributed by atoms with Crippen LogP contribution in [0.25, 0.3) is 20.8 Å². The first-order chi connectivity index (χ1) is 10.3. The molecule has 0 aliphatic rings. The fraction of sp³-hybridized carbons (Fsp3) is 0.250. The Kier molecular flexibility index (Phi) is 3.66. The van der Waals surface area contributed by atoms with Gasteiger partial charge in [-0.2, -0.15) is 0 Å². The minimum absolute atomic E-state index is 0.398. The summed E-state index contributed by atoms with van der Waals surface area (Å²) in [5.74, 6) is -0.398. The van der Waals surface area contributed by atoms with Crippen molar-refractivity contribution in [3.63, 3.8) is 0 Å². The van der Waals surface area contributed by atoms with Gasteiger partial charge in [-0.15, -0.1) is 22.7 Å². The molecule has 0 aromatic carbocycles. The van der Waals surface area contributed by atoms with Crippen molar-refractivity contribution in [3.05, 3.63) is 34.5 Å². The molecule has 0 amide bonds. The van der Waals surface area contributed by atoms with E-state index in [1.807, 2.05) is 50.4 Å². The molecular weight excluding hydrogens is 316 g/mol. The van der Waals surface area contributed by atoms with E-state index in [9.17, 15) is 4.79 Å². The number of anilines is 1. The van der Waals surface area contributed by atoms with Crippen molar-refractivity contribution >= 4 is 44.5 Å². The van der Waals surface area contributed by atoms with E-state index in [1.165, 1.54) is 11.3 Å². The molecule has 0 aliphatic carbocycles. The van der Waals surface area contributed by atoms with Gasteiger partial charge in [-0.05, 0) is 44.4 Å². The highest BCUT2D eigenvalue weighted by Gasteiger charge is 2.23. The van der Waals surface area contributed by atoms with Gasteiger partial charge in [0.25, 0.3) is 0 Å². The highest BCUT2D eigenvalue weighted by molar-refractivity contribution is 7.21. The van der Waals surface area contributed by atoms with Crippen molar-refractivity contribution in [1.82, 2.24) is 4.98 Å². The van der Waals surface area contributed by atoms with Crippen LogP contribution in [-0.2, 0) is 4.74 Å². The van der Waals surface area contributed by atoms with E-state index in [-0.39, 0.29) is 0 Å². The minimum atomic E-state index is -0.546. The van der Waals surface area contributed by atoms with Crippen molar-refractivity contribution in [2.24, 2.45) is 0 Å². The van der Waals surface area contributed by atoms with E-state index < -0.39 is 11.6 Å². The lowest BCUT2D eigenvalue weighted by Gasteiger charge is -2.18. The Morgan fingerprint density at radius 2 is 2.05 bits per heavy atom. The molecule has 3 aromatic rings. The summed E-state index contributed by atoms with van der Waals surface area (Å²) < 4.78 is 5.40. The zero-order valence-electron chi connectivity index (χ0n) is 12.5. The molecule has 0 saturated carbocycles. The Bertz CT molecular complexity index is 830. The lowest BCUT2D eigenvalue weighted by atomic mass is 10.2. The molecule has 0 spiro atoms. The van der Waals surface area contributed by atoms with Gasteiger partial charge in [0.15, 0.2) is 0 Å². The lowest BCUT2D eigenvalue weighted by Crippen LogP contribution is -2.23. The molecule has 2 N–H and O–H groups in total. The molecule has 0 fully saturated rings. The van der Waals surface area contributed by atoms with Crippen molar-refractivity contribution < 1.29 is 9.53 Å². The van der Waals surface area contributed by atoms with Crippen LogP contribution >= 0.6 is 22.7 Å². The summed E-state index contributed by atoms with van der Waals surface area (Å²) in [7, 11) is 0.